The molecule has 1 aromatic rings. The van der Waals surface area contributed by atoms with Gasteiger partial charge in [0, 0.05) is 19.0 Å². The van der Waals surface area contributed by atoms with Crippen molar-refractivity contribution in [1.82, 2.24) is 5.32 Å². The van der Waals surface area contributed by atoms with Crippen LogP contribution in [0.2, 0.25) is 0 Å². The van der Waals surface area contributed by atoms with E-state index in [0.29, 0.717) is 12.3 Å². The van der Waals surface area contributed by atoms with Gasteiger partial charge in [0.15, 0.2) is 0 Å². The number of hydrogen-bond acceptors (Lipinski definition) is 3. The molecule has 1 unspecified atom stereocenters. The Hall–Kier alpha value is -2.11. The van der Waals surface area contributed by atoms with Crippen molar-refractivity contribution < 1.29 is 24.2 Å². The van der Waals surface area contributed by atoms with Crippen molar-refractivity contribution in [3.05, 3.63) is 29.6 Å². The molecule has 6 heteroatoms. The van der Waals surface area contributed by atoms with Gasteiger partial charge >= 0.3 is 5.97 Å². The maximum Gasteiger partial charge on any atom is 0.303 e. The Bertz CT molecular complexity index is 516. The van der Waals surface area contributed by atoms with E-state index in [9.17, 15) is 14.0 Å². The van der Waals surface area contributed by atoms with Gasteiger partial charge < -0.3 is 15.5 Å². The number of rotatable bonds is 7. The zero-order valence-electron chi connectivity index (χ0n) is 12.1. The maximum absolute atomic E-state index is 13.5. The highest BCUT2D eigenvalue weighted by molar-refractivity contribution is 5.94. The van der Waals surface area contributed by atoms with Crippen LogP contribution < -0.4 is 5.32 Å². The van der Waals surface area contributed by atoms with Gasteiger partial charge in [-0.3, -0.25) is 9.59 Å². The van der Waals surface area contributed by atoms with Gasteiger partial charge in [-0.2, -0.15) is 0 Å². The molecule has 3 N–H and O–H groups in total. The number of carboxylic acid groups (broad SMARTS) is 1. The number of nitrogens with one attached hydrogen (secondary N) is 1. The third-order valence-electron chi connectivity index (χ3n) is 3.02. The summed E-state index contributed by atoms with van der Waals surface area (Å²) in [6, 6.07) is 3.27. The van der Waals surface area contributed by atoms with Crippen LogP contribution in [0.5, 0.6) is 5.75 Å². The number of benzene rings is 1. The van der Waals surface area contributed by atoms with E-state index in [4.69, 9.17) is 10.2 Å². The second kappa shape index (κ2) is 7.61. The first kappa shape index (κ1) is 16.9. The van der Waals surface area contributed by atoms with Crippen molar-refractivity contribution in [2.75, 3.05) is 6.54 Å². The molecule has 0 radical (unpaired) electrons. The molecular formula is C15H20FNO4. The number of amides is 1. The molecule has 1 amide bonds. The van der Waals surface area contributed by atoms with Gasteiger partial charge in [0.1, 0.15) is 11.6 Å². The zero-order chi connectivity index (χ0) is 16.0. The molecule has 0 aliphatic heterocycles. The minimum atomic E-state index is -0.925. The predicted octanol–water partition coefficient (Wildman–Crippen LogP) is 2.40. The standard InChI is InChI=1S/C15H20FNO4/c1-9(2)5-10(6-14(19)20)8-17-15(21)12-4-3-11(18)7-13(12)16/h3-4,7,9-10,18H,5-6,8H2,1-2H3,(H,17,21)(H,19,20). The van der Waals surface area contributed by atoms with Crippen LogP contribution in [-0.2, 0) is 4.79 Å². The molecule has 0 bridgehead atoms. The Morgan fingerprint density at radius 1 is 1.33 bits per heavy atom. The summed E-state index contributed by atoms with van der Waals surface area (Å²) in [6.07, 6.45) is 0.612. The quantitative estimate of drug-likeness (QED) is 0.721. The molecule has 0 fully saturated rings. The smallest absolute Gasteiger partial charge is 0.303 e. The van der Waals surface area contributed by atoms with E-state index >= 15 is 0 Å². The summed E-state index contributed by atoms with van der Waals surface area (Å²) in [5, 5.41) is 20.5. The third-order valence-corrected chi connectivity index (χ3v) is 3.02. The van der Waals surface area contributed by atoms with Gasteiger partial charge in [0.05, 0.1) is 5.56 Å². The number of carbonyl (C=O) groups is 2. The highest BCUT2D eigenvalue weighted by atomic mass is 19.1. The maximum atomic E-state index is 13.5. The summed E-state index contributed by atoms with van der Waals surface area (Å²) in [5.74, 6) is -2.51. The summed E-state index contributed by atoms with van der Waals surface area (Å²) >= 11 is 0. The summed E-state index contributed by atoms with van der Waals surface area (Å²) in [5.41, 5.74) is -0.175. The molecule has 21 heavy (non-hydrogen) atoms. The van der Waals surface area contributed by atoms with E-state index in [1.54, 1.807) is 0 Å². The molecular weight excluding hydrogens is 277 g/mol. The lowest BCUT2D eigenvalue weighted by molar-refractivity contribution is -0.138. The van der Waals surface area contributed by atoms with Gasteiger partial charge in [-0.15, -0.1) is 0 Å². The monoisotopic (exact) mass is 297 g/mol. The zero-order valence-corrected chi connectivity index (χ0v) is 12.1. The van der Waals surface area contributed by atoms with Crippen molar-refractivity contribution in [1.29, 1.82) is 0 Å². The largest absolute Gasteiger partial charge is 0.508 e. The van der Waals surface area contributed by atoms with Gasteiger partial charge in [0.2, 0.25) is 0 Å². The molecule has 0 saturated heterocycles. The summed E-state index contributed by atoms with van der Waals surface area (Å²) in [6.45, 7) is 4.11. The summed E-state index contributed by atoms with van der Waals surface area (Å²) in [4.78, 5) is 22.7. The van der Waals surface area contributed by atoms with E-state index in [-0.39, 0.29) is 30.2 Å². The highest BCUT2D eigenvalue weighted by Gasteiger charge is 2.18. The molecule has 1 aromatic carbocycles. The molecule has 0 aliphatic rings. The lowest BCUT2D eigenvalue weighted by atomic mass is 9.94. The number of carbonyl (C=O) groups excluding carboxylic acids is 1. The number of hydrogen-bond donors (Lipinski definition) is 3. The number of phenolic OH excluding ortho intramolecular Hbond substituents is 1. The minimum Gasteiger partial charge on any atom is -0.508 e. The minimum absolute atomic E-state index is 0.0451. The van der Waals surface area contributed by atoms with Crippen LogP contribution in [0.3, 0.4) is 0 Å². The topological polar surface area (TPSA) is 86.6 Å². The van der Waals surface area contributed by atoms with Gasteiger partial charge in [-0.25, -0.2) is 4.39 Å². The van der Waals surface area contributed by atoms with Crippen LogP contribution in [0, 0.1) is 17.7 Å². The van der Waals surface area contributed by atoms with Crippen LogP contribution in [-0.4, -0.2) is 28.6 Å². The molecule has 1 rings (SSSR count). The Balaban J connectivity index is 2.65. The highest BCUT2D eigenvalue weighted by Crippen LogP contribution is 2.17. The van der Waals surface area contributed by atoms with Crippen molar-refractivity contribution in [2.24, 2.45) is 11.8 Å². The fourth-order valence-corrected chi connectivity index (χ4v) is 2.17. The summed E-state index contributed by atoms with van der Waals surface area (Å²) in [7, 11) is 0. The van der Waals surface area contributed by atoms with Crippen molar-refractivity contribution in [2.45, 2.75) is 26.7 Å². The number of carboxylic acids is 1. The lowest BCUT2D eigenvalue weighted by Gasteiger charge is -2.18. The number of aromatic hydroxyl groups is 1. The fraction of sp³-hybridized carbons (Fsp3) is 0.467. The Labute approximate surface area is 122 Å². The first-order chi connectivity index (χ1) is 9.79. The summed E-state index contributed by atoms with van der Waals surface area (Å²) < 4.78 is 13.5. The number of aliphatic carboxylic acids is 1. The van der Waals surface area contributed by atoms with Crippen molar-refractivity contribution in [3.8, 4) is 5.75 Å². The Morgan fingerprint density at radius 2 is 2.00 bits per heavy atom. The van der Waals surface area contributed by atoms with E-state index in [1.807, 2.05) is 13.8 Å². The average Bonchev–Trinajstić information content (AvgIpc) is 2.34. The van der Waals surface area contributed by atoms with Crippen LogP contribution in [0.15, 0.2) is 18.2 Å². The molecule has 0 aliphatic carbocycles. The normalized spacial score (nSPS) is 12.2. The van der Waals surface area contributed by atoms with E-state index < -0.39 is 17.7 Å². The van der Waals surface area contributed by atoms with Crippen LogP contribution >= 0.6 is 0 Å². The van der Waals surface area contributed by atoms with Gasteiger partial charge in [-0.1, -0.05) is 13.8 Å². The fourth-order valence-electron chi connectivity index (χ4n) is 2.17. The Kier molecular flexibility index (Phi) is 6.14. The van der Waals surface area contributed by atoms with Crippen LogP contribution in [0.25, 0.3) is 0 Å². The SMILES string of the molecule is CC(C)CC(CNC(=O)c1ccc(O)cc1F)CC(=O)O. The first-order valence-electron chi connectivity index (χ1n) is 6.78. The van der Waals surface area contributed by atoms with E-state index in [0.717, 1.165) is 6.07 Å². The second-order valence-electron chi connectivity index (χ2n) is 5.47. The third kappa shape index (κ3) is 5.81. The van der Waals surface area contributed by atoms with Crippen molar-refractivity contribution in [3.63, 3.8) is 0 Å². The number of phenols is 1. The molecule has 5 nitrogen and oxygen atoms in total. The van der Waals surface area contributed by atoms with Gasteiger partial charge in [-0.05, 0) is 30.4 Å². The second-order valence-corrected chi connectivity index (χ2v) is 5.47. The molecule has 0 saturated carbocycles. The van der Waals surface area contributed by atoms with E-state index in [2.05, 4.69) is 5.32 Å². The van der Waals surface area contributed by atoms with Crippen molar-refractivity contribution >= 4 is 11.9 Å². The van der Waals surface area contributed by atoms with E-state index in [1.165, 1.54) is 12.1 Å². The van der Waals surface area contributed by atoms with Crippen LogP contribution in [0.4, 0.5) is 4.39 Å². The Morgan fingerprint density at radius 3 is 2.52 bits per heavy atom. The number of halogens is 1. The lowest BCUT2D eigenvalue weighted by Crippen LogP contribution is -2.31. The first-order valence-corrected chi connectivity index (χ1v) is 6.78. The molecule has 0 spiro atoms. The predicted molar refractivity (Wildman–Crippen MR) is 75.6 cm³/mol. The van der Waals surface area contributed by atoms with Crippen LogP contribution in [0.1, 0.15) is 37.0 Å². The average molecular weight is 297 g/mol. The molecule has 1 atom stereocenters. The molecule has 0 aromatic heterocycles. The molecule has 116 valence electrons. The van der Waals surface area contributed by atoms with Gasteiger partial charge in [0.25, 0.3) is 5.91 Å². The molecule has 0 heterocycles.